The fourth-order valence-corrected chi connectivity index (χ4v) is 2.65. The predicted octanol–water partition coefficient (Wildman–Crippen LogP) is 3.27. The Morgan fingerprint density at radius 2 is 1.86 bits per heavy atom. The van der Waals surface area contributed by atoms with Crippen molar-refractivity contribution in [3.8, 4) is 11.5 Å². The maximum absolute atomic E-state index is 11.5. The van der Waals surface area contributed by atoms with Crippen molar-refractivity contribution in [1.82, 2.24) is 10.7 Å². The molecule has 8 heteroatoms. The van der Waals surface area contributed by atoms with E-state index in [4.69, 9.17) is 26.4 Å². The second-order valence-corrected chi connectivity index (χ2v) is 6.79. The number of esters is 1. The van der Waals surface area contributed by atoms with Gasteiger partial charge in [0, 0.05) is 6.04 Å². The van der Waals surface area contributed by atoms with Crippen LogP contribution in [0.15, 0.2) is 47.6 Å². The smallest absolute Gasteiger partial charge is 0.337 e. The number of rotatable bonds is 8. The van der Waals surface area contributed by atoms with Gasteiger partial charge in [0.2, 0.25) is 0 Å². The van der Waals surface area contributed by atoms with E-state index in [1.807, 2.05) is 44.2 Å². The fourth-order valence-electron chi connectivity index (χ4n) is 2.36. The monoisotopic (exact) mass is 415 g/mol. The molecule has 0 aliphatic heterocycles. The summed E-state index contributed by atoms with van der Waals surface area (Å²) in [4.78, 5) is 11.5. The molecule has 0 radical (unpaired) electrons. The van der Waals surface area contributed by atoms with Gasteiger partial charge >= 0.3 is 5.97 Å². The van der Waals surface area contributed by atoms with Crippen LogP contribution in [-0.4, -0.2) is 37.6 Å². The molecule has 0 saturated heterocycles. The lowest BCUT2D eigenvalue weighted by Gasteiger charge is -2.12. The molecule has 7 nitrogen and oxygen atoms in total. The molecule has 0 spiro atoms. The van der Waals surface area contributed by atoms with Crippen LogP contribution in [0.2, 0.25) is 0 Å². The first-order valence-electron chi connectivity index (χ1n) is 9.00. The molecule has 2 aromatic rings. The van der Waals surface area contributed by atoms with Crippen LogP contribution in [0.25, 0.3) is 0 Å². The first-order chi connectivity index (χ1) is 13.9. The summed E-state index contributed by atoms with van der Waals surface area (Å²) in [7, 11) is 2.93. The van der Waals surface area contributed by atoms with Crippen LogP contribution in [-0.2, 0) is 11.3 Å². The summed E-state index contributed by atoms with van der Waals surface area (Å²) in [5.74, 6) is 0.821. The van der Waals surface area contributed by atoms with Crippen LogP contribution < -0.4 is 20.2 Å². The van der Waals surface area contributed by atoms with Gasteiger partial charge in [0.15, 0.2) is 16.6 Å². The minimum atomic E-state index is -0.369. The first-order valence-corrected chi connectivity index (χ1v) is 9.41. The van der Waals surface area contributed by atoms with Crippen molar-refractivity contribution in [3.05, 3.63) is 59.2 Å². The summed E-state index contributed by atoms with van der Waals surface area (Å²) in [6, 6.07) is 12.8. The normalized spacial score (nSPS) is 10.7. The van der Waals surface area contributed by atoms with E-state index in [0.717, 1.165) is 11.1 Å². The zero-order valence-corrected chi connectivity index (χ0v) is 17.7. The molecular formula is C21H25N3O4S. The van der Waals surface area contributed by atoms with Gasteiger partial charge < -0.3 is 19.5 Å². The van der Waals surface area contributed by atoms with Crippen molar-refractivity contribution in [2.75, 3.05) is 14.2 Å². The van der Waals surface area contributed by atoms with Crippen molar-refractivity contribution < 1.29 is 19.0 Å². The van der Waals surface area contributed by atoms with Crippen LogP contribution in [0.3, 0.4) is 0 Å². The molecule has 0 saturated carbocycles. The Kier molecular flexibility index (Phi) is 8.42. The Morgan fingerprint density at radius 1 is 1.14 bits per heavy atom. The highest BCUT2D eigenvalue weighted by Gasteiger charge is 2.08. The summed E-state index contributed by atoms with van der Waals surface area (Å²) >= 11 is 5.12. The number of nitrogens with zero attached hydrogens (tertiary/aromatic N) is 1. The minimum Gasteiger partial charge on any atom is -0.493 e. The number of thiocarbonyl (C=S) groups is 1. The molecule has 2 rings (SSSR count). The van der Waals surface area contributed by atoms with E-state index in [1.165, 1.54) is 7.11 Å². The molecule has 0 atom stereocenters. The second-order valence-electron chi connectivity index (χ2n) is 6.39. The number of methoxy groups -OCH3 is 2. The summed E-state index contributed by atoms with van der Waals surface area (Å²) < 4.78 is 16.0. The zero-order chi connectivity index (χ0) is 21.2. The van der Waals surface area contributed by atoms with Gasteiger partial charge in [-0.25, -0.2) is 4.79 Å². The molecule has 0 aliphatic carbocycles. The standard InChI is InChI=1S/C21H25N3O4S/c1-14(2)23-21(29)24-22-12-16-7-10-18(19(11-16)26-3)28-13-15-5-8-17(9-6-15)20(25)27-4/h5-12,14H,13H2,1-4H3,(H2,23,24,29)/b22-12-. The van der Waals surface area contributed by atoms with Gasteiger partial charge in [-0.3, -0.25) is 5.43 Å². The molecule has 154 valence electrons. The van der Waals surface area contributed by atoms with E-state index in [9.17, 15) is 4.79 Å². The highest BCUT2D eigenvalue weighted by molar-refractivity contribution is 7.80. The van der Waals surface area contributed by atoms with Gasteiger partial charge in [-0.1, -0.05) is 12.1 Å². The van der Waals surface area contributed by atoms with Gasteiger partial charge in [0.25, 0.3) is 0 Å². The van der Waals surface area contributed by atoms with Crippen molar-refractivity contribution in [2.45, 2.75) is 26.5 Å². The second kappa shape index (κ2) is 11.0. The third kappa shape index (κ3) is 7.08. The molecule has 0 aromatic heterocycles. The van der Waals surface area contributed by atoms with Gasteiger partial charge in [-0.05, 0) is 67.5 Å². The molecule has 0 bridgehead atoms. The van der Waals surface area contributed by atoms with Crippen molar-refractivity contribution in [3.63, 3.8) is 0 Å². The third-order valence-corrected chi connectivity index (χ3v) is 3.97. The zero-order valence-electron chi connectivity index (χ0n) is 16.9. The molecule has 2 aromatic carbocycles. The van der Waals surface area contributed by atoms with E-state index < -0.39 is 0 Å². The number of benzene rings is 2. The molecule has 0 aliphatic rings. The number of carbonyl (C=O) groups excluding carboxylic acids is 1. The van der Waals surface area contributed by atoms with E-state index >= 15 is 0 Å². The Balaban J connectivity index is 1.98. The summed E-state index contributed by atoms with van der Waals surface area (Å²) in [5.41, 5.74) is 5.00. The topological polar surface area (TPSA) is 81.2 Å². The molecule has 0 unspecified atom stereocenters. The van der Waals surface area contributed by atoms with Crippen molar-refractivity contribution in [1.29, 1.82) is 0 Å². The van der Waals surface area contributed by atoms with Gasteiger partial charge in [0.05, 0.1) is 26.0 Å². The molecule has 29 heavy (non-hydrogen) atoms. The number of ether oxygens (including phenoxy) is 3. The van der Waals surface area contributed by atoms with Gasteiger partial charge in [-0.15, -0.1) is 0 Å². The molecule has 0 fully saturated rings. The summed E-state index contributed by atoms with van der Waals surface area (Å²) in [5, 5.41) is 7.61. The predicted molar refractivity (Wildman–Crippen MR) is 117 cm³/mol. The van der Waals surface area contributed by atoms with Crippen LogP contribution in [0.5, 0.6) is 11.5 Å². The molecule has 0 heterocycles. The average Bonchev–Trinajstić information content (AvgIpc) is 2.71. The number of nitrogens with one attached hydrogen (secondary N) is 2. The first kappa shape index (κ1) is 22.2. The third-order valence-electron chi connectivity index (χ3n) is 3.76. The van der Waals surface area contributed by atoms with Gasteiger partial charge in [-0.2, -0.15) is 5.10 Å². The average molecular weight is 416 g/mol. The Morgan fingerprint density at radius 3 is 2.48 bits per heavy atom. The van der Waals surface area contributed by atoms with Crippen molar-refractivity contribution in [2.24, 2.45) is 5.10 Å². The maximum atomic E-state index is 11.5. The summed E-state index contributed by atoms with van der Waals surface area (Å²) in [6.07, 6.45) is 1.64. The van der Waals surface area contributed by atoms with Gasteiger partial charge in [0.1, 0.15) is 6.61 Å². The SMILES string of the molecule is COC(=O)c1ccc(COc2ccc(/C=N\NC(=S)NC(C)C)cc2OC)cc1. The number of hydrogen-bond acceptors (Lipinski definition) is 6. The van der Waals surface area contributed by atoms with E-state index in [1.54, 1.807) is 25.5 Å². The van der Waals surface area contributed by atoms with E-state index in [0.29, 0.717) is 28.8 Å². The maximum Gasteiger partial charge on any atom is 0.337 e. The van der Waals surface area contributed by atoms with Crippen LogP contribution >= 0.6 is 12.2 Å². The van der Waals surface area contributed by atoms with E-state index in [-0.39, 0.29) is 12.0 Å². The van der Waals surface area contributed by atoms with Crippen molar-refractivity contribution >= 4 is 29.5 Å². The lowest BCUT2D eigenvalue weighted by atomic mass is 10.1. The number of hydrogen-bond donors (Lipinski definition) is 2. The Hall–Kier alpha value is -3.13. The van der Waals surface area contributed by atoms with Crippen LogP contribution in [0.4, 0.5) is 0 Å². The van der Waals surface area contributed by atoms with Crippen LogP contribution in [0.1, 0.15) is 35.3 Å². The molecule has 0 amide bonds. The largest absolute Gasteiger partial charge is 0.493 e. The molecule has 2 N–H and O–H groups in total. The number of carbonyl (C=O) groups is 1. The number of hydrazone groups is 1. The Bertz CT molecular complexity index is 867. The lowest BCUT2D eigenvalue weighted by molar-refractivity contribution is 0.0600. The molecular weight excluding hydrogens is 390 g/mol. The Labute approximate surface area is 176 Å². The highest BCUT2D eigenvalue weighted by Crippen LogP contribution is 2.28. The van der Waals surface area contributed by atoms with E-state index in [2.05, 4.69) is 15.8 Å². The quantitative estimate of drug-likeness (QED) is 0.296. The fraction of sp³-hybridized carbons (Fsp3) is 0.286. The summed E-state index contributed by atoms with van der Waals surface area (Å²) in [6.45, 7) is 4.32. The minimum absolute atomic E-state index is 0.235. The lowest BCUT2D eigenvalue weighted by Crippen LogP contribution is -2.36. The highest BCUT2D eigenvalue weighted by atomic mass is 32.1. The van der Waals surface area contributed by atoms with Crippen LogP contribution in [0, 0.1) is 0 Å².